The van der Waals surface area contributed by atoms with Crippen LogP contribution in [-0.2, 0) is 4.74 Å². The van der Waals surface area contributed by atoms with Crippen molar-refractivity contribution in [2.75, 3.05) is 20.2 Å². The number of nitrogens with two attached hydrogens (primary N) is 1. The van der Waals surface area contributed by atoms with Crippen molar-refractivity contribution in [2.24, 2.45) is 11.1 Å². The molecule has 0 saturated heterocycles. The van der Waals surface area contributed by atoms with E-state index in [0.29, 0.717) is 17.6 Å². The quantitative estimate of drug-likeness (QED) is 0.765. The minimum absolute atomic E-state index is 0.435. The molecule has 2 fully saturated rings. The first kappa shape index (κ1) is 14.3. The Bertz CT molecular complexity index is 239. The molecule has 0 aromatic rings. The summed E-state index contributed by atoms with van der Waals surface area (Å²) in [4.78, 5) is 0. The number of hydrogen-bond donors (Lipinski definition) is 2. The summed E-state index contributed by atoms with van der Waals surface area (Å²) in [7, 11) is 1.84. The molecule has 2 unspecified atom stereocenters. The van der Waals surface area contributed by atoms with Crippen molar-refractivity contribution in [1.29, 1.82) is 0 Å². The molecule has 3 heteroatoms. The topological polar surface area (TPSA) is 47.3 Å². The smallest absolute Gasteiger partial charge is 0.0724 e. The van der Waals surface area contributed by atoms with Gasteiger partial charge in [0.25, 0.3) is 0 Å². The van der Waals surface area contributed by atoms with E-state index in [2.05, 4.69) is 5.32 Å². The summed E-state index contributed by atoms with van der Waals surface area (Å²) in [6.45, 7) is 1.98. The van der Waals surface area contributed by atoms with Gasteiger partial charge in [-0.15, -0.1) is 0 Å². The van der Waals surface area contributed by atoms with E-state index in [1.54, 1.807) is 0 Å². The van der Waals surface area contributed by atoms with Crippen LogP contribution >= 0.6 is 0 Å². The van der Waals surface area contributed by atoms with E-state index < -0.39 is 0 Å². The van der Waals surface area contributed by atoms with Crippen LogP contribution in [0.5, 0.6) is 0 Å². The molecule has 0 heterocycles. The molecule has 18 heavy (non-hydrogen) atoms. The fourth-order valence-corrected chi connectivity index (χ4v) is 3.82. The summed E-state index contributed by atoms with van der Waals surface area (Å²) in [6.07, 6.45) is 12.3. The number of methoxy groups -OCH3 is 1. The van der Waals surface area contributed by atoms with Gasteiger partial charge in [-0.1, -0.05) is 19.3 Å². The molecule has 0 aromatic heterocycles. The third-order valence-corrected chi connectivity index (χ3v) is 5.16. The second kappa shape index (κ2) is 6.88. The van der Waals surface area contributed by atoms with Crippen LogP contribution in [0.15, 0.2) is 0 Å². The van der Waals surface area contributed by atoms with Crippen LogP contribution in [0, 0.1) is 5.41 Å². The average Bonchev–Trinajstić information content (AvgIpc) is 2.87. The van der Waals surface area contributed by atoms with Crippen molar-refractivity contribution in [3.8, 4) is 0 Å². The van der Waals surface area contributed by atoms with Crippen LogP contribution < -0.4 is 11.1 Å². The molecule has 0 radical (unpaired) electrons. The van der Waals surface area contributed by atoms with Gasteiger partial charge in [-0.05, 0) is 57.0 Å². The molecule has 2 saturated carbocycles. The lowest BCUT2D eigenvalue weighted by Gasteiger charge is -2.37. The lowest BCUT2D eigenvalue weighted by atomic mass is 9.72. The van der Waals surface area contributed by atoms with Crippen LogP contribution in [0.25, 0.3) is 0 Å². The minimum Gasteiger partial charge on any atom is -0.380 e. The summed E-state index contributed by atoms with van der Waals surface area (Å²) >= 11 is 0. The maximum atomic E-state index is 6.03. The summed E-state index contributed by atoms with van der Waals surface area (Å²) in [5, 5.41) is 3.71. The molecule has 2 rings (SSSR count). The van der Waals surface area contributed by atoms with E-state index in [1.165, 1.54) is 57.8 Å². The Morgan fingerprint density at radius 1 is 1.17 bits per heavy atom. The lowest BCUT2D eigenvalue weighted by molar-refractivity contribution is 0.0825. The van der Waals surface area contributed by atoms with E-state index >= 15 is 0 Å². The Hall–Kier alpha value is -0.120. The summed E-state index contributed by atoms with van der Waals surface area (Å²) in [6, 6.07) is 0.577. The third-order valence-electron chi connectivity index (χ3n) is 5.16. The zero-order chi connectivity index (χ0) is 12.8. The standard InChI is InChI=1S/C15H30N2O/c1-18-14-7-5-6-13(14)17-11-10-15(12-16)8-3-2-4-9-15/h13-14,17H,2-12,16H2,1H3. The molecular weight excluding hydrogens is 224 g/mol. The molecule has 0 aromatic carbocycles. The Labute approximate surface area is 112 Å². The largest absolute Gasteiger partial charge is 0.380 e. The van der Waals surface area contributed by atoms with E-state index in [4.69, 9.17) is 10.5 Å². The first-order valence-corrected chi connectivity index (χ1v) is 7.76. The molecule has 3 nitrogen and oxygen atoms in total. The van der Waals surface area contributed by atoms with Gasteiger partial charge in [-0.2, -0.15) is 0 Å². The number of hydrogen-bond acceptors (Lipinski definition) is 3. The Morgan fingerprint density at radius 3 is 2.61 bits per heavy atom. The highest BCUT2D eigenvalue weighted by Crippen LogP contribution is 2.38. The van der Waals surface area contributed by atoms with Gasteiger partial charge in [0.15, 0.2) is 0 Å². The first-order valence-electron chi connectivity index (χ1n) is 7.76. The molecule has 0 aliphatic heterocycles. The number of nitrogens with one attached hydrogen (secondary N) is 1. The number of rotatable bonds is 6. The average molecular weight is 254 g/mol. The molecule has 0 amide bonds. The molecule has 3 N–H and O–H groups in total. The molecule has 0 bridgehead atoms. The summed E-state index contributed by atoms with van der Waals surface area (Å²) in [5.41, 5.74) is 6.47. The monoisotopic (exact) mass is 254 g/mol. The van der Waals surface area contributed by atoms with Gasteiger partial charge in [0.2, 0.25) is 0 Å². The van der Waals surface area contributed by atoms with Crippen molar-refractivity contribution >= 4 is 0 Å². The maximum Gasteiger partial charge on any atom is 0.0724 e. The second-order valence-electron chi connectivity index (χ2n) is 6.28. The van der Waals surface area contributed by atoms with E-state index in [9.17, 15) is 0 Å². The van der Waals surface area contributed by atoms with Gasteiger partial charge in [0, 0.05) is 13.2 Å². The minimum atomic E-state index is 0.435. The van der Waals surface area contributed by atoms with Crippen molar-refractivity contribution in [3.05, 3.63) is 0 Å². The molecule has 0 spiro atoms. The van der Waals surface area contributed by atoms with E-state index in [0.717, 1.165) is 13.1 Å². The molecule has 2 aliphatic rings. The van der Waals surface area contributed by atoms with Crippen LogP contribution in [0.1, 0.15) is 57.8 Å². The highest BCUT2D eigenvalue weighted by molar-refractivity contribution is 4.87. The van der Waals surface area contributed by atoms with Crippen molar-refractivity contribution in [1.82, 2.24) is 5.32 Å². The van der Waals surface area contributed by atoms with Gasteiger partial charge in [0.1, 0.15) is 0 Å². The molecule has 106 valence electrons. The van der Waals surface area contributed by atoms with Crippen LogP contribution in [0.2, 0.25) is 0 Å². The zero-order valence-electron chi connectivity index (χ0n) is 11.9. The first-order chi connectivity index (χ1) is 8.79. The normalized spacial score (nSPS) is 31.7. The highest BCUT2D eigenvalue weighted by Gasteiger charge is 2.31. The number of ether oxygens (including phenoxy) is 1. The Kier molecular flexibility index (Phi) is 5.46. The van der Waals surface area contributed by atoms with Gasteiger partial charge < -0.3 is 15.8 Å². The fourth-order valence-electron chi connectivity index (χ4n) is 3.82. The lowest BCUT2D eigenvalue weighted by Crippen LogP contribution is -2.41. The van der Waals surface area contributed by atoms with E-state index in [1.807, 2.05) is 7.11 Å². The van der Waals surface area contributed by atoms with Gasteiger partial charge >= 0.3 is 0 Å². The second-order valence-corrected chi connectivity index (χ2v) is 6.28. The fraction of sp³-hybridized carbons (Fsp3) is 1.00. The van der Waals surface area contributed by atoms with Crippen LogP contribution in [0.4, 0.5) is 0 Å². The SMILES string of the molecule is COC1CCCC1NCCC1(CN)CCCCC1. The van der Waals surface area contributed by atoms with Crippen molar-refractivity contribution in [2.45, 2.75) is 69.9 Å². The summed E-state index contributed by atoms with van der Waals surface area (Å²) < 4.78 is 5.53. The Morgan fingerprint density at radius 2 is 1.94 bits per heavy atom. The van der Waals surface area contributed by atoms with E-state index in [-0.39, 0.29) is 0 Å². The highest BCUT2D eigenvalue weighted by atomic mass is 16.5. The van der Waals surface area contributed by atoms with Crippen LogP contribution in [-0.4, -0.2) is 32.3 Å². The predicted octanol–water partition coefficient (Wildman–Crippen LogP) is 2.44. The predicted molar refractivity (Wildman–Crippen MR) is 75.6 cm³/mol. The van der Waals surface area contributed by atoms with Crippen molar-refractivity contribution < 1.29 is 4.74 Å². The van der Waals surface area contributed by atoms with Gasteiger partial charge in [0.05, 0.1) is 6.10 Å². The molecular formula is C15H30N2O. The maximum absolute atomic E-state index is 6.03. The summed E-state index contributed by atoms with van der Waals surface area (Å²) in [5.74, 6) is 0. The molecule has 2 aliphatic carbocycles. The van der Waals surface area contributed by atoms with Crippen LogP contribution in [0.3, 0.4) is 0 Å². The van der Waals surface area contributed by atoms with Gasteiger partial charge in [-0.25, -0.2) is 0 Å². The van der Waals surface area contributed by atoms with Gasteiger partial charge in [-0.3, -0.25) is 0 Å². The molecule has 2 atom stereocenters. The zero-order valence-corrected chi connectivity index (χ0v) is 11.9. The third kappa shape index (κ3) is 3.46. The Balaban J connectivity index is 1.73. The van der Waals surface area contributed by atoms with Crippen molar-refractivity contribution in [3.63, 3.8) is 0 Å².